The fourth-order valence-electron chi connectivity index (χ4n) is 1.54. The number of nitrogens with zero attached hydrogens (tertiary/aromatic N) is 3. The zero-order valence-electron chi connectivity index (χ0n) is 10.6. The number of rotatable bonds is 4. The molecule has 1 aromatic heterocycles. The summed E-state index contributed by atoms with van der Waals surface area (Å²) < 4.78 is 25.7. The number of amides is 1. The van der Waals surface area contributed by atoms with E-state index < -0.39 is 9.84 Å². The first-order valence-electron chi connectivity index (χ1n) is 5.66. The summed E-state index contributed by atoms with van der Waals surface area (Å²) in [5.41, 5.74) is 5.71. The smallest absolute Gasteiger partial charge is 0.241 e. The van der Waals surface area contributed by atoms with E-state index in [9.17, 15) is 13.2 Å². The lowest BCUT2D eigenvalue weighted by Gasteiger charge is -2.03. The van der Waals surface area contributed by atoms with E-state index in [1.54, 1.807) is 18.2 Å². The molecule has 8 nitrogen and oxygen atoms in total. The van der Waals surface area contributed by atoms with Gasteiger partial charge < -0.3 is 11.1 Å². The molecule has 106 valence electrons. The molecule has 0 saturated carbocycles. The van der Waals surface area contributed by atoms with E-state index in [2.05, 4.69) is 15.6 Å². The van der Waals surface area contributed by atoms with Crippen molar-refractivity contribution >= 4 is 21.6 Å². The minimum Gasteiger partial charge on any atom is -0.381 e. The lowest BCUT2D eigenvalue weighted by Crippen LogP contribution is -2.25. The van der Waals surface area contributed by atoms with E-state index in [1.165, 1.54) is 19.2 Å². The van der Waals surface area contributed by atoms with Crippen molar-refractivity contribution in [1.82, 2.24) is 20.3 Å². The molecule has 0 unspecified atom stereocenters. The predicted octanol–water partition coefficient (Wildman–Crippen LogP) is -0.561. The molecular weight excluding hydrogens is 282 g/mol. The van der Waals surface area contributed by atoms with Gasteiger partial charge >= 0.3 is 0 Å². The van der Waals surface area contributed by atoms with Crippen molar-refractivity contribution in [3.63, 3.8) is 0 Å². The third-order valence-corrected chi connectivity index (χ3v) is 4.31. The van der Waals surface area contributed by atoms with E-state index in [0.717, 1.165) is 4.68 Å². The van der Waals surface area contributed by atoms with Crippen LogP contribution in [0.1, 0.15) is 0 Å². The second-order valence-corrected chi connectivity index (χ2v) is 5.79. The van der Waals surface area contributed by atoms with Crippen LogP contribution in [0.2, 0.25) is 0 Å². The highest BCUT2D eigenvalue weighted by Gasteiger charge is 2.26. The summed E-state index contributed by atoms with van der Waals surface area (Å²) in [5, 5.41) is 9.20. The highest BCUT2D eigenvalue weighted by Crippen LogP contribution is 2.23. The van der Waals surface area contributed by atoms with Gasteiger partial charge in [0.25, 0.3) is 0 Å². The van der Waals surface area contributed by atoms with Crippen molar-refractivity contribution in [2.75, 3.05) is 12.8 Å². The fourth-order valence-corrected chi connectivity index (χ4v) is 2.80. The van der Waals surface area contributed by atoms with Gasteiger partial charge in [0.1, 0.15) is 6.54 Å². The van der Waals surface area contributed by atoms with Crippen molar-refractivity contribution in [3.05, 3.63) is 30.3 Å². The number of hydrogen-bond donors (Lipinski definition) is 2. The van der Waals surface area contributed by atoms with Crippen LogP contribution >= 0.6 is 0 Å². The van der Waals surface area contributed by atoms with E-state index in [-0.39, 0.29) is 28.2 Å². The van der Waals surface area contributed by atoms with Crippen LogP contribution in [0.4, 0.5) is 5.82 Å². The number of likely N-dealkylation sites (N-methyl/N-ethyl adjacent to an activating group) is 1. The first-order valence-corrected chi connectivity index (χ1v) is 7.15. The number of hydrogen-bond acceptors (Lipinski definition) is 6. The number of nitrogen functional groups attached to an aromatic ring is 1. The van der Waals surface area contributed by atoms with Crippen LogP contribution in [-0.4, -0.2) is 36.4 Å². The van der Waals surface area contributed by atoms with Crippen LogP contribution in [0.15, 0.2) is 40.3 Å². The molecule has 2 aromatic rings. The van der Waals surface area contributed by atoms with Gasteiger partial charge in [0.05, 0.1) is 4.90 Å². The molecule has 0 radical (unpaired) electrons. The molecule has 0 bridgehead atoms. The summed E-state index contributed by atoms with van der Waals surface area (Å²) in [6, 6.07) is 7.76. The van der Waals surface area contributed by atoms with Crippen molar-refractivity contribution in [2.45, 2.75) is 16.5 Å². The molecular formula is C11H13N5O3S. The summed E-state index contributed by atoms with van der Waals surface area (Å²) in [6.07, 6.45) is 0. The number of anilines is 1. The van der Waals surface area contributed by atoms with Gasteiger partial charge in [0.15, 0.2) is 5.82 Å². The summed E-state index contributed by atoms with van der Waals surface area (Å²) in [6.45, 7) is -0.195. The number of nitrogens with one attached hydrogen (secondary N) is 1. The molecule has 0 atom stereocenters. The zero-order chi connectivity index (χ0) is 14.8. The standard InChI is InChI=1S/C11H13N5O3S/c1-13-9(17)7-16-10(12)11(14-15-16)20(18,19)8-5-3-2-4-6-8/h2-6H,7,12H2,1H3,(H,13,17). The van der Waals surface area contributed by atoms with Gasteiger partial charge in [-0.1, -0.05) is 23.4 Å². The minimum atomic E-state index is -3.84. The number of aromatic nitrogens is 3. The molecule has 20 heavy (non-hydrogen) atoms. The van der Waals surface area contributed by atoms with Crippen molar-refractivity contribution in [2.24, 2.45) is 0 Å². The molecule has 1 heterocycles. The lowest BCUT2D eigenvalue weighted by molar-refractivity contribution is -0.121. The van der Waals surface area contributed by atoms with E-state index in [4.69, 9.17) is 5.73 Å². The van der Waals surface area contributed by atoms with E-state index in [1.807, 2.05) is 0 Å². The summed E-state index contributed by atoms with van der Waals surface area (Å²) >= 11 is 0. The average molecular weight is 295 g/mol. The second kappa shape index (κ2) is 5.29. The largest absolute Gasteiger partial charge is 0.381 e. The van der Waals surface area contributed by atoms with Gasteiger partial charge in [-0.3, -0.25) is 4.79 Å². The normalized spacial score (nSPS) is 11.2. The molecule has 0 spiro atoms. The van der Waals surface area contributed by atoms with Gasteiger partial charge in [-0.25, -0.2) is 13.1 Å². The molecule has 2 rings (SSSR count). The van der Waals surface area contributed by atoms with Crippen molar-refractivity contribution in [1.29, 1.82) is 0 Å². The molecule has 0 aliphatic carbocycles. The molecule has 3 N–H and O–H groups in total. The minimum absolute atomic E-state index is 0.0682. The Labute approximate surface area is 115 Å². The first-order chi connectivity index (χ1) is 9.46. The predicted molar refractivity (Wildman–Crippen MR) is 70.4 cm³/mol. The molecule has 0 aliphatic rings. The summed E-state index contributed by atoms with van der Waals surface area (Å²) in [7, 11) is -2.39. The van der Waals surface area contributed by atoms with Crippen LogP contribution < -0.4 is 11.1 Å². The maximum absolute atomic E-state index is 12.3. The molecule has 0 aliphatic heterocycles. The van der Waals surface area contributed by atoms with Crippen LogP contribution in [0.25, 0.3) is 0 Å². The monoisotopic (exact) mass is 295 g/mol. The van der Waals surface area contributed by atoms with Crippen LogP contribution in [0, 0.1) is 0 Å². The van der Waals surface area contributed by atoms with Crippen LogP contribution in [-0.2, 0) is 21.2 Å². The average Bonchev–Trinajstić information content (AvgIpc) is 2.81. The SMILES string of the molecule is CNC(=O)Cn1nnc(S(=O)(=O)c2ccccc2)c1N. The fraction of sp³-hybridized carbons (Fsp3) is 0.182. The highest BCUT2D eigenvalue weighted by molar-refractivity contribution is 7.91. The van der Waals surface area contributed by atoms with Gasteiger partial charge in [-0.15, -0.1) is 5.10 Å². The van der Waals surface area contributed by atoms with Gasteiger partial charge in [-0.2, -0.15) is 0 Å². The number of carbonyl (C=O) groups excluding carboxylic acids is 1. The van der Waals surface area contributed by atoms with Crippen LogP contribution in [0.3, 0.4) is 0 Å². The summed E-state index contributed by atoms with van der Waals surface area (Å²) in [5.74, 6) is -0.525. The van der Waals surface area contributed by atoms with E-state index >= 15 is 0 Å². The Balaban J connectivity index is 2.42. The third kappa shape index (κ3) is 2.48. The number of nitrogens with two attached hydrogens (primary N) is 1. The summed E-state index contributed by atoms with van der Waals surface area (Å²) in [4.78, 5) is 11.3. The number of sulfone groups is 1. The Bertz CT molecular complexity index is 724. The number of benzene rings is 1. The second-order valence-electron chi connectivity index (χ2n) is 3.93. The van der Waals surface area contributed by atoms with Gasteiger partial charge in [-0.05, 0) is 12.1 Å². The Hall–Kier alpha value is -2.42. The molecule has 0 saturated heterocycles. The Kier molecular flexibility index (Phi) is 3.70. The topological polar surface area (TPSA) is 120 Å². The van der Waals surface area contributed by atoms with Crippen LogP contribution in [0.5, 0.6) is 0 Å². The highest BCUT2D eigenvalue weighted by atomic mass is 32.2. The lowest BCUT2D eigenvalue weighted by atomic mass is 10.4. The maximum Gasteiger partial charge on any atom is 0.241 e. The first kappa shape index (κ1) is 14.0. The van der Waals surface area contributed by atoms with Crippen molar-refractivity contribution in [3.8, 4) is 0 Å². The van der Waals surface area contributed by atoms with E-state index in [0.29, 0.717) is 0 Å². The molecule has 9 heteroatoms. The Morgan fingerprint density at radius 2 is 2.00 bits per heavy atom. The molecule has 1 aromatic carbocycles. The third-order valence-electron chi connectivity index (χ3n) is 2.62. The van der Waals surface area contributed by atoms with Gasteiger partial charge in [0.2, 0.25) is 20.8 Å². The number of carbonyl (C=O) groups is 1. The Morgan fingerprint density at radius 3 is 2.60 bits per heavy atom. The molecule has 0 fully saturated rings. The maximum atomic E-state index is 12.3. The quantitative estimate of drug-likeness (QED) is 0.780. The Morgan fingerprint density at radius 1 is 1.35 bits per heavy atom. The van der Waals surface area contributed by atoms with Crippen molar-refractivity contribution < 1.29 is 13.2 Å². The van der Waals surface area contributed by atoms with Gasteiger partial charge in [0, 0.05) is 7.05 Å². The molecule has 1 amide bonds. The zero-order valence-corrected chi connectivity index (χ0v) is 11.5.